The van der Waals surface area contributed by atoms with Crippen molar-refractivity contribution >= 4 is 22.4 Å². The average molecular weight is 269 g/mol. The Morgan fingerprint density at radius 1 is 1.32 bits per heavy atom. The van der Waals surface area contributed by atoms with Gasteiger partial charge in [0.25, 0.3) is 0 Å². The minimum absolute atomic E-state index is 0.671. The van der Waals surface area contributed by atoms with Gasteiger partial charge in [0.05, 0.1) is 15.9 Å². The molecule has 1 N–H and O–H groups in total. The molecule has 0 radical (unpaired) electrons. The van der Waals surface area contributed by atoms with Gasteiger partial charge in [-0.25, -0.2) is 4.98 Å². The highest BCUT2D eigenvalue weighted by molar-refractivity contribution is 7.13. The number of fused-ring (bicyclic) bond motifs is 1. The minimum Gasteiger partial charge on any atom is -0.326 e. The lowest BCUT2D eigenvalue weighted by Gasteiger charge is -2.27. The van der Waals surface area contributed by atoms with Crippen molar-refractivity contribution in [3.63, 3.8) is 0 Å². The summed E-state index contributed by atoms with van der Waals surface area (Å²) in [5.74, 6) is 1.73. The second-order valence-electron chi connectivity index (χ2n) is 5.08. The number of nitrogens with one attached hydrogen (secondary N) is 1. The summed E-state index contributed by atoms with van der Waals surface area (Å²) < 4.78 is 2.21. The van der Waals surface area contributed by atoms with Crippen molar-refractivity contribution in [2.24, 2.45) is 7.05 Å². The highest BCUT2D eigenvalue weighted by Crippen LogP contribution is 2.29. The Bertz CT molecular complexity index is 723. The number of imidazole rings is 1. The number of thiophene rings is 1. The summed E-state index contributed by atoms with van der Waals surface area (Å²) in [5.41, 5.74) is 3.74. The first-order valence-corrected chi connectivity index (χ1v) is 7.42. The summed E-state index contributed by atoms with van der Waals surface area (Å²) in [6.07, 6.45) is 0. The van der Waals surface area contributed by atoms with Crippen molar-refractivity contribution in [3.05, 3.63) is 41.3 Å². The van der Waals surface area contributed by atoms with Crippen molar-refractivity contribution < 1.29 is 0 Å². The first kappa shape index (κ1) is 11.2. The first-order valence-electron chi connectivity index (χ1n) is 6.54. The molecule has 3 aromatic rings. The van der Waals surface area contributed by atoms with Gasteiger partial charge in [-0.2, -0.15) is 0 Å². The van der Waals surface area contributed by atoms with E-state index in [1.54, 1.807) is 11.3 Å². The molecule has 0 aliphatic carbocycles. The zero-order valence-corrected chi connectivity index (χ0v) is 11.6. The van der Waals surface area contributed by atoms with Gasteiger partial charge in [0.15, 0.2) is 5.82 Å². The molecule has 3 nitrogen and oxygen atoms in total. The van der Waals surface area contributed by atoms with Gasteiger partial charge in [-0.05, 0) is 29.1 Å². The fourth-order valence-corrected chi connectivity index (χ4v) is 3.36. The van der Waals surface area contributed by atoms with Crippen molar-refractivity contribution in [1.29, 1.82) is 0 Å². The summed E-state index contributed by atoms with van der Waals surface area (Å²) in [6, 6.07) is 10.9. The van der Waals surface area contributed by atoms with Crippen LogP contribution in [0.3, 0.4) is 0 Å². The molecule has 0 amide bonds. The molecule has 0 saturated carbocycles. The molecular weight excluding hydrogens is 254 g/mol. The molecule has 1 fully saturated rings. The third kappa shape index (κ3) is 1.71. The number of hydrogen-bond donors (Lipinski definition) is 1. The van der Waals surface area contributed by atoms with Crippen LogP contribution in [-0.2, 0) is 7.05 Å². The second-order valence-corrected chi connectivity index (χ2v) is 6.02. The maximum Gasteiger partial charge on any atom is 0.150 e. The summed E-state index contributed by atoms with van der Waals surface area (Å²) in [4.78, 5) is 5.98. The molecule has 3 heterocycles. The van der Waals surface area contributed by atoms with Gasteiger partial charge in [-0.3, -0.25) is 0 Å². The van der Waals surface area contributed by atoms with Crippen molar-refractivity contribution in [2.45, 2.75) is 5.92 Å². The smallest absolute Gasteiger partial charge is 0.150 e. The van der Waals surface area contributed by atoms with Crippen LogP contribution in [0.25, 0.3) is 21.7 Å². The van der Waals surface area contributed by atoms with E-state index < -0.39 is 0 Å². The molecule has 0 spiro atoms. The molecule has 2 aromatic heterocycles. The van der Waals surface area contributed by atoms with Crippen LogP contribution >= 0.6 is 11.3 Å². The molecule has 1 saturated heterocycles. The van der Waals surface area contributed by atoms with E-state index in [2.05, 4.69) is 52.6 Å². The molecule has 4 rings (SSSR count). The van der Waals surface area contributed by atoms with Gasteiger partial charge in [-0.15, -0.1) is 11.3 Å². The highest BCUT2D eigenvalue weighted by Gasteiger charge is 2.20. The Balaban J connectivity index is 1.87. The van der Waals surface area contributed by atoms with E-state index in [0.717, 1.165) is 24.4 Å². The van der Waals surface area contributed by atoms with Crippen LogP contribution in [0.5, 0.6) is 0 Å². The molecule has 19 heavy (non-hydrogen) atoms. The van der Waals surface area contributed by atoms with E-state index in [-0.39, 0.29) is 0 Å². The predicted molar refractivity (Wildman–Crippen MR) is 79.6 cm³/mol. The van der Waals surface area contributed by atoms with E-state index in [9.17, 15) is 0 Å². The number of aryl methyl sites for hydroxylation is 1. The van der Waals surface area contributed by atoms with E-state index in [1.807, 2.05) is 0 Å². The average Bonchev–Trinajstić information content (AvgIpc) is 2.96. The van der Waals surface area contributed by atoms with E-state index >= 15 is 0 Å². The topological polar surface area (TPSA) is 29.9 Å². The standard InChI is InChI=1S/C15H15N3S/c1-18-13-7-10(11-8-16-9-11)4-5-12(13)17-15(18)14-3-2-6-19-14/h2-7,11,16H,8-9H2,1H3. The van der Waals surface area contributed by atoms with Gasteiger partial charge in [0.2, 0.25) is 0 Å². The Morgan fingerprint density at radius 3 is 2.89 bits per heavy atom. The molecule has 96 valence electrons. The monoisotopic (exact) mass is 269 g/mol. The Kier molecular flexibility index (Phi) is 2.47. The van der Waals surface area contributed by atoms with E-state index in [1.165, 1.54) is 16.0 Å². The Morgan fingerprint density at radius 2 is 2.21 bits per heavy atom. The van der Waals surface area contributed by atoms with Crippen LogP contribution in [0.15, 0.2) is 35.7 Å². The second kappa shape index (κ2) is 4.18. The Labute approximate surface area is 115 Å². The fraction of sp³-hybridized carbons (Fsp3) is 0.267. The lowest BCUT2D eigenvalue weighted by Crippen LogP contribution is -2.39. The van der Waals surface area contributed by atoms with Crippen molar-refractivity contribution in [2.75, 3.05) is 13.1 Å². The van der Waals surface area contributed by atoms with Crippen LogP contribution in [0, 0.1) is 0 Å². The summed E-state index contributed by atoms with van der Waals surface area (Å²) in [6.45, 7) is 2.20. The summed E-state index contributed by atoms with van der Waals surface area (Å²) in [5, 5.41) is 5.43. The number of hydrogen-bond acceptors (Lipinski definition) is 3. The highest BCUT2D eigenvalue weighted by atomic mass is 32.1. The molecule has 4 heteroatoms. The summed E-state index contributed by atoms with van der Waals surface area (Å²) in [7, 11) is 2.10. The number of aromatic nitrogens is 2. The summed E-state index contributed by atoms with van der Waals surface area (Å²) >= 11 is 1.74. The minimum atomic E-state index is 0.671. The van der Waals surface area contributed by atoms with E-state index in [4.69, 9.17) is 4.98 Å². The van der Waals surface area contributed by atoms with E-state index in [0.29, 0.717) is 5.92 Å². The molecule has 1 aromatic carbocycles. The van der Waals surface area contributed by atoms with Gasteiger partial charge >= 0.3 is 0 Å². The third-order valence-electron chi connectivity index (χ3n) is 3.90. The molecule has 0 unspecified atom stereocenters. The largest absolute Gasteiger partial charge is 0.326 e. The third-order valence-corrected chi connectivity index (χ3v) is 4.77. The zero-order chi connectivity index (χ0) is 12.8. The predicted octanol–water partition coefficient (Wildman–Crippen LogP) is 2.99. The van der Waals surface area contributed by atoms with Crippen molar-refractivity contribution in [3.8, 4) is 10.7 Å². The van der Waals surface area contributed by atoms with Gasteiger partial charge in [0, 0.05) is 26.1 Å². The molecule has 0 atom stereocenters. The maximum atomic E-state index is 4.76. The van der Waals surface area contributed by atoms with Gasteiger partial charge in [-0.1, -0.05) is 12.1 Å². The van der Waals surface area contributed by atoms with Crippen LogP contribution in [-0.4, -0.2) is 22.6 Å². The zero-order valence-electron chi connectivity index (χ0n) is 10.8. The van der Waals surface area contributed by atoms with Gasteiger partial charge < -0.3 is 9.88 Å². The Hall–Kier alpha value is -1.65. The molecule has 1 aliphatic heterocycles. The normalized spacial score (nSPS) is 15.8. The maximum absolute atomic E-state index is 4.76. The molecule has 1 aliphatic rings. The number of rotatable bonds is 2. The quantitative estimate of drug-likeness (QED) is 0.775. The number of benzene rings is 1. The van der Waals surface area contributed by atoms with Crippen LogP contribution in [0.2, 0.25) is 0 Å². The fourth-order valence-electron chi connectivity index (χ4n) is 2.61. The lowest BCUT2D eigenvalue weighted by molar-refractivity contribution is 0.448. The SMILES string of the molecule is Cn1c(-c2cccs2)nc2ccc(C3CNC3)cc21. The van der Waals surface area contributed by atoms with Crippen LogP contribution in [0.4, 0.5) is 0 Å². The lowest BCUT2D eigenvalue weighted by atomic mass is 9.93. The van der Waals surface area contributed by atoms with Crippen molar-refractivity contribution in [1.82, 2.24) is 14.9 Å². The number of nitrogens with zero attached hydrogens (tertiary/aromatic N) is 2. The van der Waals surface area contributed by atoms with Crippen LogP contribution in [0.1, 0.15) is 11.5 Å². The molecular formula is C15H15N3S. The van der Waals surface area contributed by atoms with Crippen LogP contribution < -0.4 is 5.32 Å². The first-order chi connectivity index (χ1) is 9.33. The molecule has 0 bridgehead atoms. The van der Waals surface area contributed by atoms with Gasteiger partial charge in [0.1, 0.15) is 0 Å².